The third-order valence-corrected chi connectivity index (χ3v) is 7.11. The van der Waals surface area contributed by atoms with Gasteiger partial charge in [-0.3, -0.25) is 5.10 Å². The quantitative estimate of drug-likeness (QED) is 0.342. The molecule has 4 aromatic rings. The monoisotopic (exact) mass is 466 g/mol. The Balaban J connectivity index is 1.20. The summed E-state index contributed by atoms with van der Waals surface area (Å²) < 4.78 is 0. The minimum absolute atomic E-state index is 0.332. The van der Waals surface area contributed by atoms with Gasteiger partial charge in [-0.15, -0.1) is 0 Å². The molecule has 8 heteroatoms. The lowest BCUT2D eigenvalue weighted by molar-refractivity contribution is 0.447. The van der Waals surface area contributed by atoms with Crippen LogP contribution in [0.15, 0.2) is 54.7 Å². The minimum atomic E-state index is 0.332. The van der Waals surface area contributed by atoms with Crippen LogP contribution >= 0.6 is 0 Å². The van der Waals surface area contributed by atoms with Gasteiger partial charge in [0.05, 0.1) is 11.9 Å². The average Bonchev–Trinajstić information content (AvgIpc) is 3.56. The van der Waals surface area contributed by atoms with Gasteiger partial charge >= 0.3 is 0 Å². The summed E-state index contributed by atoms with van der Waals surface area (Å²) in [6.07, 6.45) is 6.23. The van der Waals surface area contributed by atoms with E-state index in [-0.39, 0.29) is 0 Å². The van der Waals surface area contributed by atoms with Gasteiger partial charge in [0.25, 0.3) is 0 Å². The Kier molecular flexibility index (Phi) is 5.98. The molecule has 1 fully saturated rings. The highest BCUT2D eigenvalue weighted by Gasteiger charge is 2.22. The molecule has 1 saturated heterocycles. The van der Waals surface area contributed by atoms with Crippen molar-refractivity contribution in [2.24, 2.45) is 0 Å². The number of anilines is 1. The molecule has 0 saturated carbocycles. The van der Waals surface area contributed by atoms with Gasteiger partial charge in [-0.2, -0.15) is 5.10 Å². The van der Waals surface area contributed by atoms with Crippen LogP contribution in [0.2, 0.25) is 0 Å². The Bertz CT molecular complexity index is 1320. The first-order valence-electron chi connectivity index (χ1n) is 12.4. The molecule has 0 spiro atoms. The van der Waals surface area contributed by atoms with Crippen LogP contribution in [0.4, 0.5) is 5.82 Å². The lowest BCUT2D eigenvalue weighted by Crippen LogP contribution is -2.28. The Hall–Kier alpha value is -3.62. The van der Waals surface area contributed by atoms with Gasteiger partial charge in [0.2, 0.25) is 5.82 Å². The third kappa shape index (κ3) is 4.54. The van der Waals surface area contributed by atoms with Gasteiger partial charge in [-0.1, -0.05) is 42.5 Å². The number of rotatable bonds is 6. The molecular formula is C27H30N8. The van der Waals surface area contributed by atoms with E-state index >= 15 is 0 Å². The van der Waals surface area contributed by atoms with E-state index in [4.69, 9.17) is 15.7 Å². The Morgan fingerprint density at radius 3 is 2.91 bits per heavy atom. The number of fused-ring (bicyclic) bond motifs is 1. The zero-order chi connectivity index (χ0) is 23.6. The summed E-state index contributed by atoms with van der Waals surface area (Å²) in [5.74, 6) is 2.03. The summed E-state index contributed by atoms with van der Waals surface area (Å²) in [4.78, 5) is 13.9. The van der Waals surface area contributed by atoms with Crippen molar-refractivity contribution in [2.45, 2.75) is 44.2 Å². The number of nitrogens with zero attached hydrogens (tertiary/aromatic N) is 4. The number of aromatic nitrogens is 5. The van der Waals surface area contributed by atoms with E-state index < -0.39 is 0 Å². The molecule has 1 aliphatic heterocycles. The van der Waals surface area contributed by atoms with Crippen LogP contribution in [0, 0.1) is 0 Å². The van der Waals surface area contributed by atoms with Crippen molar-refractivity contribution in [2.75, 3.05) is 18.8 Å². The second-order valence-corrected chi connectivity index (χ2v) is 9.45. The number of nitrogen functional groups attached to an aromatic ring is 1. The second kappa shape index (κ2) is 9.56. The highest BCUT2D eigenvalue weighted by Crippen LogP contribution is 2.31. The smallest absolute Gasteiger partial charge is 0.203 e. The first kappa shape index (κ1) is 21.9. The fraction of sp³-hybridized carbons (Fsp3) is 0.333. The van der Waals surface area contributed by atoms with E-state index in [9.17, 15) is 0 Å². The number of aromatic amines is 1. The van der Waals surface area contributed by atoms with Crippen LogP contribution in [0.5, 0.6) is 0 Å². The van der Waals surface area contributed by atoms with Crippen LogP contribution in [0.25, 0.3) is 22.8 Å². The Labute approximate surface area is 204 Å². The maximum absolute atomic E-state index is 6.18. The number of hydrogen-bond donors (Lipinski definition) is 4. The summed E-state index contributed by atoms with van der Waals surface area (Å²) in [5, 5.41) is 14.6. The van der Waals surface area contributed by atoms with Crippen LogP contribution in [-0.4, -0.2) is 38.2 Å². The van der Waals surface area contributed by atoms with E-state index in [0.717, 1.165) is 62.4 Å². The van der Waals surface area contributed by atoms with Crippen molar-refractivity contribution in [3.8, 4) is 22.8 Å². The molecule has 8 nitrogen and oxygen atoms in total. The summed E-state index contributed by atoms with van der Waals surface area (Å²) in [6, 6.07) is 17.5. The summed E-state index contributed by atoms with van der Waals surface area (Å²) in [7, 11) is 0. The minimum Gasteiger partial charge on any atom is -0.382 e. The van der Waals surface area contributed by atoms with Crippen molar-refractivity contribution < 1.29 is 0 Å². The maximum Gasteiger partial charge on any atom is 0.203 e. The molecule has 2 aromatic carbocycles. The number of piperidine rings is 1. The Morgan fingerprint density at radius 2 is 2.00 bits per heavy atom. The lowest BCUT2D eigenvalue weighted by atomic mass is 9.99. The summed E-state index contributed by atoms with van der Waals surface area (Å²) in [6.45, 7) is 2.76. The molecule has 2 atom stereocenters. The number of aryl methyl sites for hydroxylation is 1. The lowest BCUT2D eigenvalue weighted by Gasteiger charge is -2.20. The zero-order valence-corrected chi connectivity index (χ0v) is 19.7. The molecule has 0 amide bonds. The van der Waals surface area contributed by atoms with E-state index in [2.05, 4.69) is 74.3 Å². The van der Waals surface area contributed by atoms with Crippen molar-refractivity contribution in [1.82, 2.24) is 35.8 Å². The predicted molar refractivity (Wildman–Crippen MR) is 136 cm³/mol. The van der Waals surface area contributed by atoms with Crippen LogP contribution in [-0.2, 0) is 13.0 Å². The number of benzene rings is 2. The normalized spacial score (nSPS) is 19.5. The molecule has 3 heterocycles. The van der Waals surface area contributed by atoms with E-state index in [1.807, 2.05) is 0 Å². The third-order valence-electron chi connectivity index (χ3n) is 7.11. The maximum atomic E-state index is 6.18. The fourth-order valence-corrected chi connectivity index (χ4v) is 5.20. The average molecular weight is 467 g/mol. The molecule has 2 unspecified atom stereocenters. The van der Waals surface area contributed by atoms with Gasteiger partial charge in [0.15, 0.2) is 11.5 Å². The van der Waals surface area contributed by atoms with Crippen molar-refractivity contribution in [1.29, 1.82) is 0 Å². The molecular weight excluding hydrogens is 436 g/mol. The SMILES string of the molecule is Nc1ncc(-c2cccc(CNC3CCc4ccccc43)c2)nc1-c1n[nH]c(C2CCCNC2)n1. The van der Waals surface area contributed by atoms with Gasteiger partial charge in [0.1, 0.15) is 5.82 Å². The molecule has 6 rings (SSSR count). The van der Waals surface area contributed by atoms with Crippen molar-refractivity contribution in [3.05, 3.63) is 77.2 Å². The Morgan fingerprint density at radius 1 is 1.06 bits per heavy atom. The molecule has 178 valence electrons. The molecule has 2 aliphatic rings. The van der Waals surface area contributed by atoms with Gasteiger partial charge < -0.3 is 16.4 Å². The highest BCUT2D eigenvalue weighted by molar-refractivity contribution is 5.69. The van der Waals surface area contributed by atoms with Crippen LogP contribution < -0.4 is 16.4 Å². The van der Waals surface area contributed by atoms with Crippen LogP contribution in [0.1, 0.15) is 53.7 Å². The second-order valence-electron chi connectivity index (χ2n) is 9.45. The van der Waals surface area contributed by atoms with E-state index in [1.54, 1.807) is 6.20 Å². The van der Waals surface area contributed by atoms with E-state index in [1.165, 1.54) is 16.7 Å². The molecule has 5 N–H and O–H groups in total. The molecule has 0 radical (unpaired) electrons. The number of hydrogen-bond acceptors (Lipinski definition) is 7. The number of nitrogens with two attached hydrogens (primary N) is 1. The largest absolute Gasteiger partial charge is 0.382 e. The number of nitrogens with one attached hydrogen (secondary N) is 3. The van der Waals surface area contributed by atoms with Crippen molar-refractivity contribution in [3.63, 3.8) is 0 Å². The topological polar surface area (TPSA) is 117 Å². The van der Waals surface area contributed by atoms with Crippen LogP contribution in [0.3, 0.4) is 0 Å². The zero-order valence-electron chi connectivity index (χ0n) is 19.7. The number of H-pyrrole nitrogens is 1. The first-order valence-corrected chi connectivity index (χ1v) is 12.4. The summed E-state index contributed by atoms with van der Waals surface area (Å²) in [5.41, 5.74) is 12.5. The van der Waals surface area contributed by atoms with E-state index in [0.29, 0.717) is 29.3 Å². The standard InChI is InChI=1S/C27H30N8/c28-25-24(27-33-26(34-35-27)20-8-4-12-29-15-20)32-23(16-31-25)19-7-3-5-17(13-19)14-30-22-11-10-18-6-1-2-9-21(18)22/h1-3,5-7,9,13,16,20,22,29-30H,4,8,10-12,14-15H2,(H2,28,31)(H,33,34,35). The van der Waals surface area contributed by atoms with Gasteiger partial charge in [-0.25, -0.2) is 15.0 Å². The molecule has 2 aromatic heterocycles. The van der Waals surface area contributed by atoms with Gasteiger partial charge in [0, 0.05) is 30.6 Å². The molecule has 1 aliphatic carbocycles. The van der Waals surface area contributed by atoms with Crippen molar-refractivity contribution >= 4 is 5.82 Å². The molecule has 35 heavy (non-hydrogen) atoms. The highest BCUT2D eigenvalue weighted by atomic mass is 15.2. The van der Waals surface area contributed by atoms with Gasteiger partial charge in [-0.05, 0) is 55.0 Å². The predicted octanol–water partition coefficient (Wildman–Crippen LogP) is 3.76. The first-order chi connectivity index (χ1) is 17.2. The molecule has 0 bridgehead atoms. The fourth-order valence-electron chi connectivity index (χ4n) is 5.20. The summed E-state index contributed by atoms with van der Waals surface area (Å²) >= 11 is 0.